The summed E-state index contributed by atoms with van der Waals surface area (Å²) < 4.78 is 23.0. The van der Waals surface area contributed by atoms with Gasteiger partial charge in [0.1, 0.15) is 34.2 Å². The van der Waals surface area contributed by atoms with Crippen LogP contribution in [0.1, 0.15) is 49.9 Å². The predicted octanol–water partition coefficient (Wildman–Crippen LogP) is 9.64. The van der Waals surface area contributed by atoms with Crippen molar-refractivity contribution in [3.05, 3.63) is 82.9 Å². The zero-order valence-corrected chi connectivity index (χ0v) is 26.6. The summed E-state index contributed by atoms with van der Waals surface area (Å²) in [6.07, 6.45) is 8.51. The number of rotatable bonds is 2. The van der Waals surface area contributed by atoms with Crippen molar-refractivity contribution in [2.24, 2.45) is 0 Å². The summed E-state index contributed by atoms with van der Waals surface area (Å²) in [4.78, 5) is 7.05. The minimum atomic E-state index is -0.257. The van der Waals surface area contributed by atoms with Crippen molar-refractivity contribution in [2.45, 2.75) is 52.7 Å². The lowest BCUT2D eigenvalue weighted by atomic mass is 10.00. The first kappa shape index (κ1) is 28.0. The SMILES string of the molecule is COc1cc2[nH]c3c4c(ccc3c2cc1C)OC(C)(C)C=C4.COc1cc2[nH]c3c4c(ccc3c2cc1C)OC(C)(C)C=C4. The van der Waals surface area contributed by atoms with Gasteiger partial charge in [0.2, 0.25) is 0 Å². The van der Waals surface area contributed by atoms with Crippen LogP contribution in [-0.2, 0) is 0 Å². The van der Waals surface area contributed by atoms with Gasteiger partial charge in [-0.05, 0) is 113 Å². The summed E-state index contributed by atoms with van der Waals surface area (Å²) in [6, 6.07) is 16.9. The molecule has 0 atom stereocenters. The fourth-order valence-electron chi connectivity index (χ4n) is 6.37. The Balaban J connectivity index is 0.000000142. The quantitative estimate of drug-likeness (QED) is 0.212. The summed E-state index contributed by atoms with van der Waals surface area (Å²) in [5.74, 6) is 3.66. The van der Waals surface area contributed by atoms with Crippen LogP contribution in [0.5, 0.6) is 23.0 Å². The number of H-pyrrole nitrogens is 2. The number of methoxy groups -OCH3 is 2. The molecule has 0 radical (unpaired) electrons. The number of fused-ring (bicyclic) bond motifs is 10. The van der Waals surface area contributed by atoms with E-state index in [4.69, 9.17) is 18.9 Å². The molecule has 0 amide bonds. The number of hydrogen-bond donors (Lipinski definition) is 2. The molecule has 0 saturated heterocycles. The van der Waals surface area contributed by atoms with E-state index in [2.05, 4.69) is 124 Å². The second-order valence-corrected chi connectivity index (χ2v) is 12.9. The van der Waals surface area contributed by atoms with Gasteiger partial charge < -0.3 is 28.9 Å². The Morgan fingerprint density at radius 1 is 0.568 bits per heavy atom. The van der Waals surface area contributed by atoms with Crippen LogP contribution in [0.15, 0.2) is 60.7 Å². The van der Waals surface area contributed by atoms with Gasteiger partial charge in [-0.1, -0.05) is 0 Å². The van der Waals surface area contributed by atoms with Crippen LogP contribution >= 0.6 is 0 Å². The maximum Gasteiger partial charge on any atom is 0.129 e. The molecule has 0 spiro atoms. The summed E-state index contributed by atoms with van der Waals surface area (Å²) in [7, 11) is 3.41. The third kappa shape index (κ3) is 4.57. The summed E-state index contributed by atoms with van der Waals surface area (Å²) in [5.41, 5.74) is 8.41. The van der Waals surface area contributed by atoms with Gasteiger partial charge in [-0.15, -0.1) is 0 Å². The molecule has 2 aliphatic rings. The van der Waals surface area contributed by atoms with Gasteiger partial charge in [-0.25, -0.2) is 0 Å². The molecule has 6 aromatic rings. The second kappa shape index (κ2) is 9.84. The van der Waals surface area contributed by atoms with Crippen molar-refractivity contribution < 1.29 is 18.9 Å². The Morgan fingerprint density at radius 3 is 1.36 bits per heavy atom. The van der Waals surface area contributed by atoms with Gasteiger partial charge in [0.25, 0.3) is 0 Å². The van der Waals surface area contributed by atoms with E-state index in [0.717, 1.165) is 67.3 Å². The lowest BCUT2D eigenvalue weighted by Crippen LogP contribution is -2.27. The van der Waals surface area contributed by atoms with E-state index in [9.17, 15) is 0 Å². The number of ether oxygens (including phenoxy) is 4. The molecule has 8 rings (SSSR count). The number of aromatic amines is 2. The molecule has 0 saturated carbocycles. The van der Waals surface area contributed by atoms with Crippen LogP contribution in [0.2, 0.25) is 0 Å². The average molecular weight is 587 g/mol. The van der Waals surface area contributed by atoms with E-state index in [1.165, 1.54) is 21.5 Å². The molecule has 4 heterocycles. The monoisotopic (exact) mass is 586 g/mol. The van der Waals surface area contributed by atoms with E-state index in [0.29, 0.717) is 0 Å². The number of hydrogen-bond acceptors (Lipinski definition) is 4. The summed E-state index contributed by atoms with van der Waals surface area (Å²) in [6.45, 7) is 12.4. The van der Waals surface area contributed by atoms with Crippen molar-refractivity contribution in [1.29, 1.82) is 0 Å². The molecular formula is C38H38N2O4. The molecule has 44 heavy (non-hydrogen) atoms. The lowest BCUT2D eigenvalue weighted by Gasteiger charge is -2.28. The third-order valence-electron chi connectivity index (χ3n) is 8.63. The summed E-state index contributed by atoms with van der Waals surface area (Å²) in [5, 5.41) is 4.86. The Morgan fingerprint density at radius 2 is 0.977 bits per heavy atom. The highest BCUT2D eigenvalue weighted by Gasteiger charge is 2.25. The number of nitrogens with one attached hydrogen (secondary N) is 2. The van der Waals surface area contributed by atoms with Gasteiger partial charge in [0, 0.05) is 44.8 Å². The highest BCUT2D eigenvalue weighted by atomic mass is 16.5. The molecule has 6 heteroatoms. The van der Waals surface area contributed by atoms with Crippen LogP contribution in [0.4, 0.5) is 0 Å². The minimum Gasteiger partial charge on any atom is -0.496 e. The number of aromatic nitrogens is 2. The van der Waals surface area contributed by atoms with Crippen LogP contribution in [0.3, 0.4) is 0 Å². The van der Waals surface area contributed by atoms with E-state index < -0.39 is 0 Å². The Labute approximate surface area is 257 Å². The van der Waals surface area contributed by atoms with Gasteiger partial charge in [0.15, 0.2) is 0 Å². The smallest absolute Gasteiger partial charge is 0.129 e. The molecule has 2 N–H and O–H groups in total. The Kier molecular flexibility index (Phi) is 6.26. The first-order chi connectivity index (χ1) is 21.0. The van der Waals surface area contributed by atoms with Gasteiger partial charge in [0.05, 0.1) is 36.3 Å². The highest BCUT2D eigenvalue weighted by Crippen LogP contribution is 2.41. The van der Waals surface area contributed by atoms with E-state index >= 15 is 0 Å². The standard InChI is InChI=1S/2C19H19NO2/c2*1-11-9-14-12-5-6-16-13(7-8-19(2,3)22-16)18(12)20-15(14)10-17(11)21-4/h2*5-10,20H,1-4H3. The minimum absolute atomic E-state index is 0.257. The van der Waals surface area contributed by atoms with Crippen molar-refractivity contribution in [3.8, 4) is 23.0 Å². The topological polar surface area (TPSA) is 68.5 Å². The molecule has 2 aromatic heterocycles. The first-order valence-electron chi connectivity index (χ1n) is 15.0. The molecular weight excluding hydrogens is 548 g/mol. The highest BCUT2D eigenvalue weighted by molar-refractivity contribution is 6.12. The predicted molar refractivity (Wildman–Crippen MR) is 182 cm³/mol. The van der Waals surface area contributed by atoms with Gasteiger partial charge in [-0.2, -0.15) is 0 Å². The molecule has 224 valence electrons. The van der Waals surface area contributed by atoms with Gasteiger partial charge in [-0.3, -0.25) is 0 Å². The average Bonchev–Trinajstić information content (AvgIpc) is 3.52. The van der Waals surface area contributed by atoms with E-state index in [1.54, 1.807) is 14.2 Å². The largest absolute Gasteiger partial charge is 0.496 e. The van der Waals surface area contributed by atoms with Crippen LogP contribution < -0.4 is 18.9 Å². The Hall–Kier alpha value is -4.84. The second-order valence-electron chi connectivity index (χ2n) is 12.9. The van der Waals surface area contributed by atoms with Gasteiger partial charge >= 0.3 is 0 Å². The molecule has 0 fully saturated rings. The fraction of sp³-hybridized carbons (Fsp3) is 0.263. The maximum atomic E-state index is 6.06. The van der Waals surface area contributed by atoms with Crippen LogP contribution in [0, 0.1) is 13.8 Å². The molecule has 0 unspecified atom stereocenters. The molecule has 4 aromatic carbocycles. The van der Waals surface area contributed by atoms with Crippen molar-refractivity contribution >= 4 is 55.8 Å². The van der Waals surface area contributed by atoms with Crippen molar-refractivity contribution in [3.63, 3.8) is 0 Å². The molecule has 6 nitrogen and oxygen atoms in total. The summed E-state index contributed by atoms with van der Waals surface area (Å²) >= 11 is 0. The first-order valence-corrected chi connectivity index (χ1v) is 15.0. The molecule has 0 bridgehead atoms. The van der Waals surface area contributed by atoms with Crippen molar-refractivity contribution in [1.82, 2.24) is 9.97 Å². The van der Waals surface area contributed by atoms with Crippen LogP contribution in [-0.4, -0.2) is 35.4 Å². The lowest BCUT2D eigenvalue weighted by molar-refractivity contribution is 0.159. The van der Waals surface area contributed by atoms with Crippen LogP contribution in [0.25, 0.3) is 55.8 Å². The van der Waals surface area contributed by atoms with E-state index in [1.807, 2.05) is 0 Å². The molecule has 0 aliphatic carbocycles. The van der Waals surface area contributed by atoms with Crippen molar-refractivity contribution in [2.75, 3.05) is 14.2 Å². The maximum absolute atomic E-state index is 6.06. The number of benzene rings is 4. The normalized spacial score (nSPS) is 15.8. The zero-order chi connectivity index (χ0) is 31.0. The Bertz CT molecular complexity index is 2020. The van der Waals surface area contributed by atoms with E-state index in [-0.39, 0.29) is 11.2 Å². The zero-order valence-electron chi connectivity index (χ0n) is 26.6. The fourth-order valence-corrected chi connectivity index (χ4v) is 6.37. The third-order valence-corrected chi connectivity index (χ3v) is 8.63. The molecule has 2 aliphatic heterocycles. The number of aryl methyl sites for hydroxylation is 2.